The van der Waals surface area contributed by atoms with Crippen LogP contribution in [-0.2, 0) is 4.74 Å². The smallest absolute Gasteiger partial charge is 0.0575 e. The molecule has 1 aliphatic heterocycles. The van der Waals surface area contributed by atoms with E-state index in [0.717, 1.165) is 12.5 Å². The molecule has 0 aromatic carbocycles. The molecule has 48 valence electrons. The van der Waals surface area contributed by atoms with Crippen LogP contribution in [0, 0.1) is 5.92 Å². The van der Waals surface area contributed by atoms with Gasteiger partial charge in [-0.15, -0.1) is 0 Å². The van der Waals surface area contributed by atoms with Gasteiger partial charge in [0, 0.05) is 6.61 Å². The molecular weight excluding hydrogens is 100 g/mol. The van der Waals surface area contributed by atoms with E-state index < -0.39 is 0 Å². The second kappa shape index (κ2) is 2.49. The third-order valence-corrected chi connectivity index (χ3v) is 2.06. The maximum Gasteiger partial charge on any atom is 0.0575 e. The van der Waals surface area contributed by atoms with Crippen LogP contribution in [0.25, 0.3) is 0 Å². The van der Waals surface area contributed by atoms with Crippen molar-refractivity contribution in [2.75, 3.05) is 6.61 Å². The van der Waals surface area contributed by atoms with Gasteiger partial charge in [-0.1, -0.05) is 13.3 Å². The zero-order valence-electron chi connectivity index (χ0n) is 5.68. The monoisotopic (exact) mass is 114 g/mol. The van der Waals surface area contributed by atoms with Crippen molar-refractivity contribution in [3.8, 4) is 0 Å². The van der Waals surface area contributed by atoms with Crippen molar-refractivity contribution in [2.45, 2.75) is 32.8 Å². The first-order valence-corrected chi connectivity index (χ1v) is 3.46. The van der Waals surface area contributed by atoms with Crippen molar-refractivity contribution in [1.29, 1.82) is 0 Å². The lowest BCUT2D eigenvalue weighted by molar-refractivity contribution is 0.105. The van der Waals surface area contributed by atoms with Gasteiger partial charge in [0.15, 0.2) is 0 Å². The van der Waals surface area contributed by atoms with Gasteiger partial charge in [0.25, 0.3) is 0 Å². The van der Waals surface area contributed by atoms with Gasteiger partial charge in [-0.3, -0.25) is 0 Å². The predicted molar refractivity (Wildman–Crippen MR) is 33.8 cm³/mol. The van der Waals surface area contributed by atoms with Crippen molar-refractivity contribution < 1.29 is 4.74 Å². The molecule has 0 radical (unpaired) electrons. The van der Waals surface area contributed by atoms with Crippen molar-refractivity contribution in [3.63, 3.8) is 0 Å². The average molecular weight is 114 g/mol. The van der Waals surface area contributed by atoms with Crippen molar-refractivity contribution in [1.82, 2.24) is 0 Å². The predicted octanol–water partition coefficient (Wildman–Crippen LogP) is 1.82. The normalized spacial score (nSPS) is 38.2. The van der Waals surface area contributed by atoms with E-state index in [-0.39, 0.29) is 0 Å². The van der Waals surface area contributed by atoms with Crippen molar-refractivity contribution in [2.24, 2.45) is 5.92 Å². The molecule has 0 spiro atoms. The van der Waals surface area contributed by atoms with Gasteiger partial charge in [0.2, 0.25) is 0 Å². The summed E-state index contributed by atoms with van der Waals surface area (Å²) in [6.07, 6.45) is 3.08. The summed E-state index contributed by atoms with van der Waals surface area (Å²) >= 11 is 0. The molecule has 1 aliphatic rings. The van der Waals surface area contributed by atoms with Crippen LogP contribution in [0.2, 0.25) is 0 Å². The average Bonchev–Trinajstić information content (AvgIpc) is 2.14. The molecule has 1 nitrogen and oxygen atoms in total. The number of hydrogen-bond donors (Lipinski definition) is 0. The Labute approximate surface area is 51.0 Å². The van der Waals surface area contributed by atoms with Crippen LogP contribution in [0.4, 0.5) is 0 Å². The fraction of sp³-hybridized carbons (Fsp3) is 1.00. The first kappa shape index (κ1) is 6.09. The fourth-order valence-electron chi connectivity index (χ4n) is 1.31. The molecule has 1 heterocycles. The van der Waals surface area contributed by atoms with E-state index >= 15 is 0 Å². The Bertz CT molecular complexity index is 70.8. The van der Waals surface area contributed by atoms with Crippen LogP contribution in [0.5, 0.6) is 0 Å². The summed E-state index contributed by atoms with van der Waals surface area (Å²) in [7, 11) is 0. The largest absolute Gasteiger partial charge is 0.378 e. The zero-order valence-corrected chi connectivity index (χ0v) is 5.68. The molecule has 0 amide bonds. The highest BCUT2D eigenvalue weighted by Gasteiger charge is 2.21. The molecule has 2 atom stereocenters. The Morgan fingerprint density at radius 2 is 2.38 bits per heavy atom. The Morgan fingerprint density at radius 3 is 2.62 bits per heavy atom. The lowest BCUT2D eigenvalue weighted by Gasteiger charge is -2.09. The third kappa shape index (κ3) is 1.03. The molecule has 1 fully saturated rings. The number of rotatable bonds is 1. The molecule has 0 aliphatic carbocycles. The van der Waals surface area contributed by atoms with Crippen LogP contribution < -0.4 is 0 Å². The summed E-state index contributed by atoms with van der Waals surface area (Å²) in [5.74, 6) is 0.843. The molecule has 0 aromatic rings. The molecule has 0 N–H and O–H groups in total. The van der Waals surface area contributed by atoms with Crippen LogP contribution in [-0.4, -0.2) is 12.7 Å². The summed E-state index contributed by atoms with van der Waals surface area (Å²) in [6, 6.07) is 0. The quantitative estimate of drug-likeness (QED) is 0.505. The Kier molecular flexibility index (Phi) is 1.90. The van der Waals surface area contributed by atoms with Crippen LogP contribution in [0.3, 0.4) is 0 Å². The van der Waals surface area contributed by atoms with Gasteiger partial charge >= 0.3 is 0 Å². The second-order valence-corrected chi connectivity index (χ2v) is 2.53. The highest BCUT2D eigenvalue weighted by atomic mass is 16.5. The highest BCUT2D eigenvalue weighted by molar-refractivity contribution is 4.70. The minimum absolute atomic E-state index is 0.528. The maximum atomic E-state index is 5.36. The zero-order chi connectivity index (χ0) is 5.98. The van der Waals surface area contributed by atoms with Crippen LogP contribution in [0.1, 0.15) is 26.7 Å². The number of hydrogen-bond acceptors (Lipinski definition) is 1. The van der Waals surface area contributed by atoms with Crippen LogP contribution in [0.15, 0.2) is 0 Å². The van der Waals surface area contributed by atoms with E-state index in [1.807, 2.05) is 0 Å². The summed E-state index contributed by atoms with van der Waals surface area (Å²) in [4.78, 5) is 0. The van der Waals surface area contributed by atoms with Gasteiger partial charge in [-0.05, 0) is 19.3 Å². The summed E-state index contributed by atoms with van der Waals surface area (Å²) < 4.78 is 5.36. The van der Waals surface area contributed by atoms with Crippen molar-refractivity contribution in [3.05, 3.63) is 0 Å². The molecule has 0 saturated carbocycles. The summed E-state index contributed by atoms with van der Waals surface area (Å²) in [5.41, 5.74) is 0. The Balaban J connectivity index is 2.30. The van der Waals surface area contributed by atoms with E-state index in [4.69, 9.17) is 4.74 Å². The van der Waals surface area contributed by atoms with Gasteiger partial charge in [-0.25, -0.2) is 0 Å². The minimum atomic E-state index is 0.528. The fourth-order valence-corrected chi connectivity index (χ4v) is 1.31. The van der Waals surface area contributed by atoms with Gasteiger partial charge in [0.1, 0.15) is 0 Å². The van der Waals surface area contributed by atoms with Gasteiger partial charge in [0.05, 0.1) is 6.10 Å². The van der Waals surface area contributed by atoms with E-state index in [9.17, 15) is 0 Å². The summed E-state index contributed by atoms with van der Waals surface area (Å²) in [5, 5.41) is 0. The van der Waals surface area contributed by atoms with E-state index in [1.165, 1.54) is 12.8 Å². The van der Waals surface area contributed by atoms with E-state index in [1.54, 1.807) is 0 Å². The van der Waals surface area contributed by atoms with Gasteiger partial charge in [-0.2, -0.15) is 0 Å². The Hall–Kier alpha value is -0.0400. The van der Waals surface area contributed by atoms with Crippen molar-refractivity contribution >= 4 is 0 Å². The van der Waals surface area contributed by atoms with Crippen LogP contribution >= 0.6 is 0 Å². The van der Waals surface area contributed by atoms with E-state index in [2.05, 4.69) is 13.8 Å². The molecule has 1 rings (SSSR count). The third-order valence-electron chi connectivity index (χ3n) is 2.06. The van der Waals surface area contributed by atoms with E-state index in [0.29, 0.717) is 6.10 Å². The topological polar surface area (TPSA) is 9.23 Å². The molecule has 8 heavy (non-hydrogen) atoms. The first-order chi connectivity index (χ1) is 3.84. The second-order valence-electron chi connectivity index (χ2n) is 2.53. The standard InChI is InChI=1S/C7H14O/c1-3-7-4-5-8-6(7)2/h6-7H,3-5H2,1-2H3/t6-,7+/m1/s1. The maximum absolute atomic E-state index is 5.36. The molecular formula is C7H14O. The summed E-state index contributed by atoms with van der Waals surface area (Å²) in [6.45, 7) is 5.39. The lowest BCUT2D eigenvalue weighted by atomic mass is 10.0. The number of ether oxygens (including phenoxy) is 1. The SMILES string of the molecule is CC[C@H]1CCO[C@@H]1C. The van der Waals surface area contributed by atoms with Gasteiger partial charge < -0.3 is 4.74 Å². The molecule has 1 saturated heterocycles. The first-order valence-electron chi connectivity index (χ1n) is 3.46. The Morgan fingerprint density at radius 1 is 1.62 bits per heavy atom. The molecule has 0 aromatic heterocycles. The lowest BCUT2D eigenvalue weighted by Crippen LogP contribution is -2.09. The molecule has 1 heteroatoms. The minimum Gasteiger partial charge on any atom is -0.378 e. The molecule has 0 bridgehead atoms. The molecule has 0 unspecified atom stereocenters. The highest BCUT2D eigenvalue weighted by Crippen LogP contribution is 2.22.